The van der Waals surface area contributed by atoms with Gasteiger partial charge in [-0.15, -0.1) is 0 Å². The summed E-state index contributed by atoms with van der Waals surface area (Å²) in [5, 5.41) is 12.8. The number of rotatable bonds is 11. The van der Waals surface area contributed by atoms with Gasteiger partial charge >= 0.3 is 7.12 Å². The standard InChI is InChI=1S/C35H40BN3O4/c1-24(2)38-30-21-27(36-42-34(3,4)35(5,6)43-36)17-18-28(30)32(37)29-19-20-31(40-22-25-13-9-7-10-14-25)39-33(29)41-23-26-15-11-8-12-16-26/h7-21,24,37-38H,22-23H2,1-6H3. The van der Waals surface area contributed by atoms with Gasteiger partial charge in [0.2, 0.25) is 11.8 Å². The average Bonchev–Trinajstić information content (AvgIpc) is 3.21. The molecule has 5 rings (SSSR count). The summed E-state index contributed by atoms with van der Waals surface area (Å²) in [6, 6.07) is 29.5. The SMILES string of the molecule is CC(C)Nc1cc(B2OC(C)(C)C(C)(C)O2)ccc1C(=N)c1ccc(OCc2ccccc2)nc1OCc1ccccc1. The molecule has 222 valence electrons. The van der Waals surface area contributed by atoms with Gasteiger partial charge in [0.1, 0.15) is 13.2 Å². The Morgan fingerprint density at radius 2 is 1.35 bits per heavy atom. The van der Waals surface area contributed by atoms with E-state index in [0.717, 1.165) is 27.8 Å². The van der Waals surface area contributed by atoms with Crippen LogP contribution in [-0.2, 0) is 22.5 Å². The fourth-order valence-corrected chi connectivity index (χ4v) is 4.74. The van der Waals surface area contributed by atoms with E-state index in [1.807, 2.05) is 113 Å². The molecule has 7 nitrogen and oxygen atoms in total. The molecule has 2 N–H and O–H groups in total. The van der Waals surface area contributed by atoms with E-state index in [0.29, 0.717) is 30.5 Å². The van der Waals surface area contributed by atoms with Gasteiger partial charge in [-0.2, -0.15) is 4.98 Å². The summed E-state index contributed by atoms with van der Waals surface area (Å²) < 4.78 is 24.9. The Morgan fingerprint density at radius 1 is 0.791 bits per heavy atom. The number of pyridine rings is 1. The molecule has 0 saturated carbocycles. The predicted molar refractivity (Wildman–Crippen MR) is 173 cm³/mol. The highest BCUT2D eigenvalue weighted by molar-refractivity contribution is 6.62. The van der Waals surface area contributed by atoms with Gasteiger partial charge in [0.25, 0.3) is 0 Å². The van der Waals surface area contributed by atoms with Gasteiger partial charge in [0, 0.05) is 23.4 Å². The van der Waals surface area contributed by atoms with Crippen molar-refractivity contribution < 1.29 is 18.8 Å². The van der Waals surface area contributed by atoms with Crippen molar-refractivity contribution >= 4 is 24.0 Å². The first-order valence-electron chi connectivity index (χ1n) is 14.7. The van der Waals surface area contributed by atoms with Crippen molar-refractivity contribution in [3.05, 3.63) is 113 Å². The molecule has 0 atom stereocenters. The highest BCUT2D eigenvalue weighted by atomic mass is 16.7. The Labute approximate surface area is 255 Å². The molecule has 0 bridgehead atoms. The van der Waals surface area contributed by atoms with E-state index in [-0.39, 0.29) is 11.8 Å². The molecule has 43 heavy (non-hydrogen) atoms. The van der Waals surface area contributed by atoms with Crippen LogP contribution in [0.2, 0.25) is 0 Å². The second-order valence-electron chi connectivity index (χ2n) is 12.1. The third-order valence-corrected chi connectivity index (χ3v) is 7.83. The minimum Gasteiger partial charge on any atom is -0.473 e. The number of hydrogen-bond acceptors (Lipinski definition) is 7. The molecule has 1 fully saturated rings. The highest BCUT2D eigenvalue weighted by Crippen LogP contribution is 2.37. The first kappa shape index (κ1) is 30.3. The van der Waals surface area contributed by atoms with Gasteiger partial charge < -0.3 is 24.1 Å². The molecule has 0 aliphatic carbocycles. The summed E-state index contributed by atoms with van der Waals surface area (Å²) in [5.74, 6) is 0.769. The minimum atomic E-state index is -0.506. The molecule has 0 amide bonds. The number of aromatic nitrogens is 1. The maximum absolute atomic E-state index is 9.33. The summed E-state index contributed by atoms with van der Waals surface area (Å²) >= 11 is 0. The molecular weight excluding hydrogens is 537 g/mol. The molecular formula is C35H40BN3O4. The molecule has 2 heterocycles. The fraction of sp³-hybridized carbons (Fsp3) is 0.314. The van der Waals surface area contributed by atoms with E-state index in [2.05, 4.69) is 19.2 Å². The average molecular weight is 578 g/mol. The minimum absolute atomic E-state index is 0.140. The van der Waals surface area contributed by atoms with Gasteiger partial charge in [-0.25, -0.2) is 0 Å². The Morgan fingerprint density at radius 3 is 1.93 bits per heavy atom. The van der Waals surface area contributed by atoms with Gasteiger partial charge in [0.05, 0.1) is 22.5 Å². The number of nitrogens with zero attached hydrogens (tertiary/aromatic N) is 1. The second-order valence-corrected chi connectivity index (χ2v) is 12.1. The smallest absolute Gasteiger partial charge is 0.473 e. The van der Waals surface area contributed by atoms with Crippen LogP contribution in [0.4, 0.5) is 5.69 Å². The van der Waals surface area contributed by atoms with Crippen LogP contribution in [0.5, 0.6) is 11.8 Å². The lowest BCUT2D eigenvalue weighted by molar-refractivity contribution is 0.00578. The van der Waals surface area contributed by atoms with Gasteiger partial charge in [-0.05, 0) is 70.3 Å². The molecule has 3 aromatic carbocycles. The normalized spacial score (nSPS) is 15.4. The van der Waals surface area contributed by atoms with E-state index in [4.69, 9.17) is 23.8 Å². The lowest BCUT2D eigenvalue weighted by atomic mass is 9.78. The lowest BCUT2D eigenvalue weighted by Crippen LogP contribution is -2.41. The number of hydrogen-bond donors (Lipinski definition) is 2. The van der Waals surface area contributed by atoms with Crippen LogP contribution in [0.15, 0.2) is 91.0 Å². The zero-order chi connectivity index (χ0) is 30.6. The molecule has 0 unspecified atom stereocenters. The van der Waals surface area contributed by atoms with Crippen molar-refractivity contribution in [2.24, 2.45) is 0 Å². The fourth-order valence-electron chi connectivity index (χ4n) is 4.74. The first-order chi connectivity index (χ1) is 20.5. The number of ether oxygens (including phenoxy) is 2. The zero-order valence-corrected chi connectivity index (χ0v) is 25.8. The van der Waals surface area contributed by atoms with Crippen LogP contribution in [0.3, 0.4) is 0 Å². The van der Waals surface area contributed by atoms with Crippen LogP contribution in [0, 0.1) is 5.41 Å². The largest absolute Gasteiger partial charge is 0.494 e. The van der Waals surface area contributed by atoms with E-state index < -0.39 is 18.3 Å². The summed E-state index contributed by atoms with van der Waals surface area (Å²) in [6.07, 6.45) is 0. The van der Waals surface area contributed by atoms with Crippen LogP contribution in [-0.4, -0.2) is 35.1 Å². The highest BCUT2D eigenvalue weighted by Gasteiger charge is 2.51. The summed E-state index contributed by atoms with van der Waals surface area (Å²) in [4.78, 5) is 4.71. The van der Waals surface area contributed by atoms with Crippen LogP contribution >= 0.6 is 0 Å². The summed E-state index contributed by atoms with van der Waals surface area (Å²) in [7, 11) is -0.506. The molecule has 1 aliphatic heterocycles. The van der Waals surface area contributed by atoms with Crippen LogP contribution in [0.1, 0.15) is 63.8 Å². The molecule has 1 saturated heterocycles. The van der Waals surface area contributed by atoms with Gasteiger partial charge in [-0.3, -0.25) is 5.41 Å². The van der Waals surface area contributed by atoms with Crippen molar-refractivity contribution in [1.29, 1.82) is 5.41 Å². The topological polar surface area (TPSA) is 85.7 Å². The molecule has 1 aliphatic rings. The third kappa shape index (κ3) is 7.09. The molecule has 0 radical (unpaired) electrons. The summed E-state index contributed by atoms with van der Waals surface area (Å²) in [5.41, 5.74) is 4.42. The first-order valence-corrected chi connectivity index (χ1v) is 14.7. The van der Waals surface area contributed by atoms with Crippen molar-refractivity contribution in [3.8, 4) is 11.8 Å². The van der Waals surface area contributed by atoms with E-state index in [9.17, 15) is 5.41 Å². The van der Waals surface area contributed by atoms with Gasteiger partial charge in [0.15, 0.2) is 0 Å². The number of anilines is 1. The number of benzene rings is 3. The van der Waals surface area contributed by atoms with Crippen molar-refractivity contribution in [2.45, 2.75) is 72.0 Å². The van der Waals surface area contributed by atoms with Crippen molar-refractivity contribution in [3.63, 3.8) is 0 Å². The third-order valence-electron chi connectivity index (χ3n) is 7.83. The van der Waals surface area contributed by atoms with E-state index in [1.54, 1.807) is 6.07 Å². The van der Waals surface area contributed by atoms with Crippen LogP contribution < -0.4 is 20.3 Å². The van der Waals surface area contributed by atoms with Crippen molar-refractivity contribution in [1.82, 2.24) is 4.98 Å². The number of nitrogens with one attached hydrogen (secondary N) is 2. The molecule has 0 spiro atoms. The van der Waals surface area contributed by atoms with E-state index >= 15 is 0 Å². The second kappa shape index (κ2) is 12.6. The maximum atomic E-state index is 9.33. The lowest BCUT2D eigenvalue weighted by Gasteiger charge is -2.32. The van der Waals surface area contributed by atoms with Gasteiger partial charge in [-0.1, -0.05) is 72.8 Å². The summed E-state index contributed by atoms with van der Waals surface area (Å²) in [6.45, 7) is 13.0. The molecule has 4 aromatic rings. The molecule has 8 heteroatoms. The van der Waals surface area contributed by atoms with Crippen LogP contribution in [0.25, 0.3) is 0 Å². The Balaban J connectivity index is 1.46. The quantitative estimate of drug-likeness (QED) is 0.151. The maximum Gasteiger partial charge on any atom is 0.494 e. The monoisotopic (exact) mass is 577 g/mol. The zero-order valence-electron chi connectivity index (χ0n) is 25.8. The van der Waals surface area contributed by atoms with Crippen molar-refractivity contribution in [2.75, 3.05) is 5.32 Å². The Bertz CT molecular complexity index is 1540. The molecule has 1 aromatic heterocycles. The van der Waals surface area contributed by atoms with E-state index in [1.165, 1.54) is 0 Å². The predicted octanol–water partition coefficient (Wildman–Crippen LogP) is 6.78. The Hall–Kier alpha value is -4.14. The Kier molecular flexibility index (Phi) is 8.90.